The summed E-state index contributed by atoms with van der Waals surface area (Å²) in [6.45, 7) is 4.91. The molecule has 0 saturated carbocycles. The van der Waals surface area contributed by atoms with Gasteiger partial charge in [-0.05, 0) is 31.0 Å². The molecule has 2 rings (SSSR count). The van der Waals surface area contributed by atoms with Gasteiger partial charge in [-0.15, -0.1) is 0 Å². The Morgan fingerprint density at radius 3 is 2.69 bits per heavy atom. The molecule has 0 amide bonds. The van der Waals surface area contributed by atoms with Gasteiger partial charge in [0, 0.05) is 5.56 Å². The Hall–Kier alpha value is -1.55. The molecule has 0 unspecified atom stereocenters. The molecule has 4 nitrogen and oxygen atoms in total. The van der Waals surface area contributed by atoms with E-state index < -0.39 is 0 Å². The Morgan fingerprint density at radius 1 is 1.31 bits per heavy atom. The van der Waals surface area contributed by atoms with Gasteiger partial charge < -0.3 is 15.2 Å². The van der Waals surface area contributed by atoms with Crippen LogP contribution in [0.5, 0.6) is 11.5 Å². The number of hydrogen-bond donors (Lipinski definition) is 1. The molecular formula is C12H15NO3. The lowest BCUT2D eigenvalue weighted by Crippen LogP contribution is -2.20. The zero-order valence-electron chi connectivity index (χ0n) is 9.50. The minimum Gasteiger partial charge on any atom is -0.486 e. The minimum atomic E-state index is -0.0717. The first-order valence-electron chi connectivity index (χ1n) is 5.28. The number of hydrogen-bond acceptors (Lipinski definition) is 4. The summed E-state index contributed by atoms with van der Waals surface area (Å²) in [6, 6.07) is 1.73. The van der Waals surface area contributed by atoms with Crippen LogP contribution in [-0.4, -0.2) is 25.5 Å². The molecular weight excluding hydrogens is 206 g/mol. The molecule has 0 aliphatic carbocycles. The highest BCUT2D eigenvalue weighted by atomic mass is 16.6. The molecule has 4 heteroatoms. The molecule has 0 saturated heterocycles. The largest absolute Gasteiger partial charge is 0.486 e. The van der Waals surface area contributed by atoms with E-state index in [9.17, 15) is 4.79 Å². The van der Waals surface area contributed by atoms with E-state index >= 15 is 0 Å². The average Bonchev–Trinajstić information content (AvgIpc) is 2.33. The predicted octanol–water partition coefficient (Wildman–Crippen LogP) is 1.22. The fourth-order valence-electron chi connectivity index (χ4n) is 1.84. The Kier molecular flexibility index (Phi) is 2.83. The zero-order valence-corrected chi connectivity index (χ0v) is 9.50. The summed E-state index contributed by atoms with van der Waals surface area (Å²) < 4.78 is 11.0. The number of benzene rings is 1. The van der Waals surface area contributed by atoms with Gasteiger partial charge in [-0.3, -0.25) is 4.79 Å². The minimum absolute atomic E-state index is 0.0138. The van der Waals surface area contributed by atoms with Gasteiger partial charge in [-0.1, -0.05) is 0 Å². The lowest BCUT2D eigenvalue weighted by molar-refractivity contribution is 0.0999. The van der Waals surface area contributed by atoms with Crippen molar-refractivity contribution in [2.75, 3.05) is 19.8 Å². The number of fused-ring (bicyclic) bond motifs is 1. The van der Waals surface area contributed by atoms with Gasteiger partial charge in [0.25, 0.3) is 0 Å². The van der Waals surface area contributed by atoms with E-state index in [1.807, 2.05) is 13.8 Å². The van der Waals surface area contributed by atoms with E-state index in [4.69, 9.17) is 15.2 Å². The number of ketones is 1. The van der Waals surface area contributed by atoms with Crippen LogP contribution in [0.15, 0.2) is 6.07 Å². The van der Waals surface area contributed by atoms with Crippen LogP contribution < -0.4 is 15.2 Å². The fourth-order valence-corrected chi connectivity index (χ4v) is 1.84. The third-order valence-corrected chi connectivity index (χ3v) is 2.88. The zero-order chi connectivity index (χ0) is 11.7. The maximum atomic E-state index is 11.7. The third-order valence-electron chi connectivity index (χ3n) is 2.88. The molecule has 1 aliphatic heterocycles. The number of carbonyl (C=O) groups excluding carboxylic acids is 1. The van der Waals surface area contributed by atoms with Crippen LogP contribution in [0.3, 0.4) is 0 Å². The molecule has 0 fully saturated rings. The topological polar surface area (TPSA) is 61.6 Å². The second kappa shape index (κ2) is 4.14. The summed E-state index contributed by atoms with van der Waals surface area (Å²) in [7, 11) is 0. The van der Waals surface area contributed by atoms with Crippen LogP contribution in [0, 0.1) is 13.8 Å². The van der Waals surface area contributed by atoms with Crippen LogP contribution >= 0.6 is 0 Å². The van der Waals surface area contributed by atoms with Gasteiger partial charge in [0.1, 0.15) is 13.2 Å². The maximum Gasteiger partial charge on any atom is 0.176 e. The van der Waals surface area contributed by atoms with E-state index in [1.165, 1.54) is 0 Å². The second-order valence-corrected chi connectivity index (χ2v) is 3.83. The van der Waals surface area contributed by atoms with Crippen LogP contribution in [0.25, 0.3) is 0 Å². The summed E-state index contributed by atoms with van der Waals surface area (Å²) in [5.74, 6) is 1.32. The number of ether oxygens (including phenoxy) is 2. The molecule has 2 N–H and O–H groups in total. The highest BCUT2D eigenvalue weighted by Crippen LogP contribution is 2.37. The summed E-state index contributed by atoms with van der Waals surface area (Å²) in [5.41, 5.74) is 7.88. The Bertz CT molecular complexity index is 440. The van der Waals surface area contributed by atoms with Crippen molar-refractivity contribution >= 4 is 5.78 Å². The molecule has 86 valence electrons. The predicted molar refractivity (Wildman–Crippen MR) is 60.3 cm³/mol. The lowest BCUT2D eigenvalue weighted by atomic mass is 9.98. The lowest BCUT2D eigenvalue weighted by Gasteiger charge is -2.22. The molecule has 1 aliphatic rings. The highest BCUT2D eigenvalue weighted by Gasteiger charge is 2.20. The van der Waals surface area contributed by atoms with Crippen molar-refractivity contribution in [3.63, 3.8) is 0 Å². The van der Waals surface area contributed by atoms with Crippen molar-refractivity contribution in [1.29, 1.82) is 0 Å². The normalized spacial score (nSPS) is 13.7. The standard InChI is InChI=1S/C12H15NO3/c1-7-8(2)12-11(15-3-4-16-12)5-9(7)10(14)6-13/h5H,3-4,6,13H2,1-2H3. The van der Waals surface area contributed by atoms with Crippen molar-refractivity contribution in [1.82, 2.24) is 0 Å². The van der Waals surface area contributed by atoms with Crippen molar-refractivity contribution in [3.05, 3.63) is 22.8 Å². The molecule has 0 atom stereocenters. The van der Waals surface area contributed by atoms with Gasteiger partial charge in [-0.25, -0.2) is 0 Å². The summed E-state index contributed by atoms with van der Waals surface area (Å²) in [6.07, 6.45) is 0. The quantitative estimate of drug-likeness (QED) is 0.763. The Morgan fingerprint density at radius 2 is 2.00 bits per heavy atom. The van der Waals surface area contributed by atoms with Gasteiger partial charge in [0.05, 0.1) is 6.54 Å². The molecule has 0 radical (unpaired) electrons. The molecule has 0 aromatic heterocycles. The van der Waals surface area contributed by atoms with Crippen molar-refractivity contribution < 1.29 is 14.3 Å². The Labute approximate surface area is 94.3 Å². The molecule has 0 spiro atoms. The highest BCUT2D eigenvalue weighted by molar-refractivity contribution is 5.99. The summed E-state index contributed by atoms with van der Waals surface area (Å²) >= 11 is 0. The van der Waals surface area contributed by atoms with E-state index in [1.54, 1.807) is 6.07 Å². The first-order chi connectivity index (χ1) is 7.65. The number of carbonyl (C=O) groups is 1. The van der Waals surface area contributed by atoms with Gasteiger partial charge in [0.15, 0.2) is 17.3 Å². The molecule has 1 aromatic rings. The Balaban J connectivity index is 2.57. The van der Waals surface area contributed by atoms with E-state index in [0.717, 1.165) is 16.9 Å². The number of rotatable bonds is 2. The van der Waals surface area contributed by atoms with Crippen molar-refractivity contribution in [3.8, 4) is 11.5 Å². The van der Waals surface area contributed by atoms with Gasteiger partial charge in [0.2, 0.25) is 0 Å². The first kappa shape index (κ1) is 11.0. The van der Waals surface area contributed by atoms with Gasteiger partial charge in [-0.2, -0.15) is 0 Å². The summed E-state index contributed by atoms with van der Waals surface area (Å²) in [4.78, 5) is 11.7. The monoisotopic (exact) mass is 221 g/mol. The smallest absolute Gasteiger partial charge is 0.176 e. The molecule has 0 bridgehead atoms. The third kappa shape index (κ3) is 1.65. The molecule has 16 heavy (non-hydrogen) atoms. The van der Waals surface area contributed by atoms with Crippen molar-refractivity contribution in [2.45, 2.75) is 13.8 Å². The molecule has 1 heterocycles. The second-order valence-electron chi connectivity index (χ2n) is 3.83. The SMILES string of the molecule is Cc1c(C(=O)CN)cc2c(c1C)OCCO2. The van der Waals surface area contributed by atoms with E-state index in [0.29, 0.717) is 24.5 Å². The van der Waals surface area contributed by atoms with Crippen LogP contribution in [0.2, 0.25) is 0 Å². The molecule has 1 aromatic carbocycles. The van der Waals surface area contributed by atoms with Crippen LogP contribution in [-0.2, 0) is 0 Å². The van der Waals surface area contributed by atoms with E-state index in [-0.39, 0.29) is 12.3 Å². The number of Topliss-reactive ketones (excluding diaryl/α,β-unsaturated/α-hetero) is 1. The number of nitrogens with two attached hydrogens (primary N) is 1. The van der Waals surface area contributed by atoms with Crippen molar-refractivity contribution in [2.24, 2.45) is 5.73 Å². The summed E-state index contributed by atoms with van der Waals surface area (Å²) in [5, 5.41) is 0. The first-order valence-corrected chi connectivity index (χ1v) is 5.28. The fraction of sp³-hybridized carbons (Fsp3) is 0.417. The van der Waals surface area contributed by atoms with Crippen LogP contribution in [0.1, 0.15) is 21.5 Å². The van der Waals surface area contributed by atoms with Crippen LogP contribution in [0.4, 0.5) is 0 Å². The average molecular weight is 221 g/mol. The van der Waals surface area contributed by atoms with E-state index in [2.05, 4.69) is 0 Å². The maximum absolute atomic E-state index is 11.7. The van der Waals surface area contributed by atoms with Gasteiger partial charge >= 0.3 is 0 Å².